The van der Waals surface area contributed by atoms with Crippen LogP contribution in [0.25, 0.3) is 6.08 Å². The van der Waals surface area contributed by atoms with Gasteiger partial charge in [0.2, 0.25) is 10.0 Å². The van der Waals surface area contributed by atoms with Crippen molar-refractivity contribution in [1.82, 2.24) is 14.5 Å². The third kappa shape index (κ3) is 9.93. The number of sulfonamides is 1. The molecule has 0 unspecified atom stereocenters. The van der Waals surface area contributed by atoms with Crippen molar-refractivity contribution in [2.24, 2.45) is 11.8 Å². The van der Waals surface area contributed by atoms with Crippen LogP contribution in [0.15, 0.2) is 46.9 Å². The van der Waals surface area contributed by atoms with E-state index in [1.54, 1.807) is 43.0 Å². The Labute approximate surface area is 250 Å². The predicted molar refractivity (Wildman–Crippen MR) is 162 cm³/mol. The van der Waals surface area contributed by atoms with Gasteiger partial charge in [0.1, 0.15) is 12.2 Å². The molecule has 1 aromatic carbocycles. The number of esters is 1. The molecule has 234 valence electrons. The topological polar surface area (TPSA) is 125 Å². The van der Waals surface area contributed by atoms with Crippen molar-refractivity contribution < 1.29 is 32.6 Å². The smallest absolute Gasteiger partial charge is 0.410 e. The Bertz CT molecular complexity index is 1240. The number of hydrogen-bond acceptors (Lipinski definition) is 8. The number of carbonyl (C=O) groups excluding carboxylic acids is 2. The van der Waals surface area contributed by atoms with Gasteiger partial charge < -0.3 is 24.4 Å². The van der Waals surface area contributed by atoms with Crippen LogP contribution in [0.4, 0.5) is 4.79 Å². The molecule has 5 atom stereocenters. The van der Waals surface area contributed by atoms with Gasteiger partial charge >= 0.3 is 12.1 Å². The minimum Gasteiger partial charge on any atom is -0.457 e. The Kier molecular flexibility index (Phi) is 12.2. The lowest BCUT2D eigenvalue weighted by atomic mass is 9.91. The summed E-state index contributed by atoms with van der Waals surface area (Å²) in [5, 5.41) is 10.6. The van der Waals surface area contributed by atoms with Crippen molar-refractivity contribution in [3.63, 3.8) is 0 Å². The predicted octanol–water partition coefficient (Wildman–Crippen LogP) is 3.81. The molecule has 11 heteroatoms. The van der Waals surface area contributed by atoms with E-state index in [4.69, 9.17) is 9.47 Å². The number of cyclic esters (lactones) is 1. The van der Waals surface area contributed by atoms with Crippen molar-refractivity contribution >= 4 is 28.2 Å². The third-order valence-electron chi connectivity index (χ3n) is 7.66. The lowest BCUT2D eigenvalue weighted by molar-refractivity contribution is -0.151. The van der Waals surface area contributed by atoms with Crippen molar-refractivity contribution in [3.8, 4) is 0 Å². The average molecular weight is 606 g/mol. The Morgan fingerprint density at radius 3 is 2.50 bits per heavy atom. The number of aliphatic hydroxyl groups excluding tert-OH is 1. The minimum absolute atomic E-state index is 0.0748. The van der Waals surface area contributed by atoms with E-state index in [0.717, 1.165) is 13.1 Å². The molecule has 3 rings (SSSR count). The van der Waals surface area contributed by atoms with E-state index in [1.807, 2.05) is 40.0 Å². The van der Waals surface area contributed by atoms with Crippen LogP contribution in [-0.4, -0.2) is 93.0 Å². The van der Waals surface area contributed by atoms with Gasteiger partial charge in [-0.05, 0) is 75.9 Å². The first-order chi connectivity index (χ1) is 19.7. The third-order valence-corrected chi connectivity index (χ3v) is 9.32. The average Bonchev–Trinajstić information content (AvgIpc) is 2.91. The fourth-order valence-electron chi connectivity index (χ4n) is 5.12. The monoisotopic (exact) mass is 605 g/mol. The van der Waals surface area contributed by atoms with E-state index < -0.39 is 34.3 Å². The molecule has 0 radical (unpaired) electrons. The molecule has 0 saturated carbocycles. The summed E-state index contributed by atoms with van der Waals surface area (Å²) in [5.41, 5.74) is 1.35. The van der Waals surface area contributed by atoms with Crippen molar-refractivity contribution in [2.45, 2.75) is 83.1 Å². The van der Waals surface area contributed by atoms with E-state index in [-0.39, 0.29) is 35.3 Å². The number of benzene rings is 1. The zero-order valence-electron chi connectivity index (χ0n) is 25.7. The minimum atomic E-state index is -3.68. The number of aliphatic hydroxyl groups is 1. The zero-order valence-corrected chi connectivity index (χ0v) is 26.5. The SMILES string of the molecule is C/C(=C\c1cccc(S(=O)(=O)NC(C)C)c1)[C@H]1OC(=O)C[C@H](O)CC[C@H](C)[C@@H](OC(=O)N2CCN(C)CC2)/C=C\[C@@H]1C. The first-order valence-electron chi connectivity index (χ1n) is 14.8. The fourth-order valence-corrected chi connectivity index (χ4v) is 6.43. The molecule has 2 aliphatic rings. The number of carbonyl (C=O) groups is 2. The summed E-state index contributed by atoms with van der Waals surface area (Å²) < 4.78 is 39.8. The van der Waals surface area contributed by atoms with Gasteiger partial charge in [-0.25, -0.2) is 17.9 Å². The number of likely N-dealkylation sites (N-methyl/N-ethyl adjacent to an activating group) is 1. The van der Waals surface area contributed by atoms with Gasteiger partial charge in [0, 0.05) is 38.1 Å². The van der Waals surface area contributed by atoms with Crippen LogP contribution in [0.3, 0.4) is 0 Å². The molecule has 0 aromatic heterocycles. The highest BCUT2D eigenvalue weighted by Crippen LogP contribution is 2.26. The van der Waals surface area contributed by atoms with E-state index in [0.29, 0.717) is 37.1 Å². The molecule has 2 N–H and O–H groups in total. The first kappa shape index (κ1) is 33.8. The lowest BCUT2D eigenvalue weighted by Gasteiger charge is -2.33. The number of ether oxygens (including phenoxy) is 2. The second kappa shape index (κ2) is 15.1. The molecule has 2 aliphatic heterocycles. The number of nitrogens with zero attached hydrogens (tertiary/aromatic N) is 2. The summed E-state index contributed by atoms with van der Waals surface area (Å²) in [6.07, 6.45) is 3.92. The largest absolute Gasteiger partial charge is 0.457 e. The lowest BCUT2D eigenvalue weighted by Crippen LogP contribution is -2.48. The van der Waals surface area contributed by atoms with Crippen LogP contribution in [0.5, 0.6) is 0 Å². The molecule has 2 heterocycles. The molecule has 10 nitrogen and oxygen atoms in total. The van der Waals surface area contributed by atoms with Gasteiger partial charge in [0.25, 0.3) is 0 Å². The molecule has 1 fully saturated rings. The van der Waals surface area contributed by atoms with Gasteiger partial charge in [-0.15, -0.1) is 0 Å². The van der Waals surface area contributed by atoms with Gasteiger partial charge in [-0.2, -0.15) is 0 Å². The Balaban J connectivity index is 1.87. The number of rotatable bonds is 6. The summed E-state index contributed by atoms with van der Waals surface area (Å²) in [4.78, 5) is 29.8. The molecular weight excluding hydrogens is 558 g/mol. The molecular formula is C31H47N3O7S. The van der Waals surface area contributed by atoms with Crippen molar-refractivity contribution in [3.05, 3.63) is 47.6 Å². The second-order valence-electron chi connectivity index (χ2n) is 11.9. The van der Waals surface area contributed by atoms with E-state index in [1.165, 1.54) is 6.07 Å². The fraction of sp³-hybridized carbons (Fsp3) is 0.613. The number of hydrogen-bond donors (Lipinski definition) is 2. The summed E-state index contributed by atoms with van der Waals surface area (Å²) in [6, 6.07) is 6.31. The maximum absolute atomic E-state index is 13.0. The van der Waals surface area contributed by atoms with E-state index in [9.17, 15) is 23.1 Å². The highest BCUT2D eigenvalue weighted by Gasteiger charge is 2.29. The summed E-state index contributed by atoms with van der Waals surface area (Å²) in [5.74, 6) is -0.883. The van der Waals surface area contributed by atoms with Crippen molar-refractivity contribution in [1.29, 1.82) is 0 Å². The van der Waals surface area contributed by atoms with Gasteiger partial charge in [-0.1, -0.05) is 38.1 Å². The molecule has 1 aromatic rings. The Hall–Kier alpha value is -2.73. The van der Waals surface area contributed by atoms with Gasteiger partial charge in [0.15, 0.2) is 0 Å². The zero-order chi connectivity index (χ0) is 31.0. The number of amides is 1. The highest BCUT2D eigenvalue weighted by molar-refractivity contribution is 7.89. The summed E-state index contributed by atoms with van der Waals surface area (Å²) in [7, 11) is -1.66. The number of piperazine rings is 1. The van der Waals surface area contributed by atoms with Crippen molar-refractivity contribution in [2.75, 3.05) is 33.2 Å². The molecule has 1 saturated heterocycles. The van der Waals surface area contributed by atoms with E-state index in [2.05, 4.69) is 9.62 Å². The Morgan fingerprint density at radius 1 is 1.14 bits per heavy atom. The molecule has 42 heavy (non-hydrogen) atoms. The van der Waals surface area contributed by atoms with Gasteiger partial charge in [-0.3, -0.25) is 4.79 Å². The second-order valence-corrected chi connectivity index (χ2v) is 13.7. The van der Waals surface area contributed by atoms with Crippen LogP contribution in [-0.2, 0) is 24.3 Å². The molecule has 0 spiro atoms. The normalized spacial score (nSPS) is 28.0. The van der Waals surface area contributed by atoms with Crippen LogP contribution in [0, 0.1) is 11.8 Å². The van der Waals surface area contributed by atoms with Crippen LogP contribution < -0.4 is 4.72 Å². The molecule has 1 amide bonds. The maximum Gasteiger partial charge on any atom is 0.410 e. The quantitative estimate of drug-likeness (QED) is 0.371. The van der Waals surface area contributed by atoms with Crippen LogP contribution in [0.2, 0.25) is 0 Å². The van der Waals surface area contributed by atoms with E-state index >= 15 is 0 Å². The summed E-state index contributed by atoms with van der Waals surface area (Å²) in [6.45, 7) is 12.0. The standard InChI is InChI=1S/C31H47N3O7S/c1-21(2)32-42(38,39)27-9-7-8-25(19-27)18-24(5)30-23(4)11-13-28(22(3)10-12-26(35)20-29(36)41-30)40-31(37)34-16-14-33(6)15-17-34/h7-9,11,13,18-19,21-23,26,28,30,32,35H,10,12,14-17,20H2,1-6H3/b13-11-,24-18+/t22-,23-,26+,28-,30-/m0/s1. The van der Waals surface area contributed by atoms with Gasteiger partial charge in [0.05, 0.1) is 17.4 Å². The Morgan fingerprint density at radius 2 is 1.83 bits per heavy atom. The molecule has 0 aliphatic carbocycles. The van der Waals surface area contributed by atoms with Crippen LogP contribution in [0.1, 0.15) is 59.4 Å². The number of nitrogens with one attached hydrogen (secondary N) is 1. The molecule has 0 bridgehead atoms. The first-order valence-corrected chi connectivity index (χ1v) is 16.2. The maximum atomic E-state index is 13.0. The van der Waals surface area contributed by atoms with Crippen LogP contribution >= 0.6 is 0 Å². The summed E-state index contributed by atoms with van der Waals surface area (Å²) >= 11 is 0. The highest BCUT2D eigenvalue weighted by atomic mass is 32.2.